The molecule has 1 N–H and O–H groups in total. The summed E-state index contributed by atoms with van der Waals surface area (Å²) in [4.78, 5) is 27.6. The molecule has 4 rings (SSSR count). The number of halogens is 1. The first kappa shape index (κ1) is 19.9. The van der Waals surface area contributed by atoms with Crippen molar-refractivity contribution in [3.63, 3.8) is 0 Å². The summed E-state index contributed by atoms with van der Waals surface area (Å²) in [6.07, 6.45) is 0.729. The Kier molecular flexibility index (Phi) is 5.68. The number of ketones is 1. The van der Waals surface area contributed by atoms with Crippen LogP contribution in [-0.2, 0) is 16.0 Å². The third-order valence-electron chi connectivity index (χ3n) is 5.21. The molecule has 3 aromatic rings. The number of para-hydroxylation sites is 1. The third kappa shape index (κ3) is 3.87. The van der Waals surface area contributed by atoms with Crippen LogP contribution in [0.1, 0.15) is 23.6 Å². The summed E-state index contributed by atoms with van der Waals surface area (Å²) in [7, 11) is 0. The van der Waals surface area contributed by atoms with Gasteiger partial charge in [-0.2, -0.15) is 0 Å². The highest BCUT2D eigenvalue weighted by atomic mass is 35.5. The topological polar surface area (TPSA) is 57.6 Å². The van der Waals surface area contributed by atoms with E-state index in [1.54, 1.807) is 36.4 Å². The van der Waals surface area contributed by atoms with Crippen LogP contribution in [0, 0.1) is 0 Å². The fourth-order valence-corrected chi connectivity index (χ4v) is 3.87. The Morgan fingerprint density at radius 3 is 2.13 bits per heavy atom. The van der Waals surface area contributed by atoms with Crippen LogP contribution in [0.25, 0.3) is 0 Å². The number of anilines is 1. The monoisotopic (exact) mass is 417 g/mol. The second kappa shape index (κ2) is 8.56. The van der Waals surface area contributed by atoms with Crippen molar-refractivity contribution < 1.29 is 14.7 Å². The Balaban J connectivity index is 1.71. The van der Waals surface area contributed by atoms with Gasteiger partial charge >= 0.3 is 0 Å². The van der Waals surface area contributed by atoms with Gasteiger partial charge in [0.25, 0.3) is 5.91 Å². The van der Waals surface area contributed by atoms with E-state index in [1.165, 1.54) is 4.90 Å². The molecule has 150 valence electrons. The van der Waals surface area contributed by atoms with Crippen molar-refractivity contribution in [1.82, 2.24) is 0 Å². The van der Waals surface area contributed by atoms with Crippen molar-refractivity contribution in [3.05, 3.63) is 112 Å². The Hall–Kier alpha value is -3.37. The van der Waals surface area contributed by atoms with Crippen LogP contribution in [-0.4, -0.2) is 16.8 Å². The minimum atomic E-state index is -0.708. The van der Waals surface area contributed by atoms with Crippen molar-refractivity contribution in [1.29, 1.82) is 0 Å². The summed E-state index contributed by atoms with van der Waals surface area (Å²) in [5.41, 5.74) is 2.48. The highest BCUT2D eigenvalue weighted by molar-refractivity contribution is 6.30. The van der Waals surface area contributed by atoms with E-state index in [4.69, 9.17) is 11.6 Å². The molecule has 1 atom stereocenters. The molecule has 5 heteroatoms. The average molecular weight is 418 g/mol. The van der Waals surface area contributed by atoms with Crippen molar-refractivity contribution in [2.24, 2.45) is 0 Å². The van der Waals surface area contributed by atoms with E-state index in [1.807, 2.05) is 48.5 Å². The van der Waals surface area contributed by atoms with Gasteiger partial charge in [0.1, 0.15) is 0 Å². The van der Waals surface area contributed by atoms with E-state index >= 15 is 0 Å². The zero-order valence-corrected chi connectivity index (χ0v) is 16.9. The molecule has 30 heavy (non-hydrogen) atoms. The van der Waals surface area contributed by atoms with Crippen LogP contribution in [0.4, 0.5) is 5.69 Å². The van der Waals surface area contributed by atoms with Crippen LogP contribution in [0.15, 0.2) is 96.3 Å². The molecule has 0 spiro atoms. The number of carbonyl (C=O) groups excluding carboxylic acids is 2. The fourth-order valence-electron chi connectivity index (χ4n) is 3.74. The van der Waals surface area contributed by atoms with E-state index in [2.05, 4.69) is 0 Å². The Labute approximate surface area is 180 Å². The lowest BCUT2D eigenvalue weighted by Crippen LogP contribution is -2.31. The van der Waals surface area contributed by atoms with Crippen LogP contribution >= 0.6 is 11.6 Å². The number of hydrogen-bond acceptors (Lipinski definition) is 3. The third-order valence-corrected chi connectivity index (χ3v) is 5.46. The standard InChI is InChI=1S/C25H20ClNO3/c26-19-14-12-18(13-15-19)23-22(21(28)16-11-17-7-3-1-4-8-17)24(29)25(30)27(23)20-9-5-2-6-10-20/h1-10,12-15,23,29H,11,16H2. The maximum atomic E-state index is 13.2. The van der Waals surface area contributed by atoms with Crippen LogP contribution < -0.4 is 4.90 Å². The quantitative estimate of drug-likeness (QED) is 0.580. The summed E-state index contributed by atoms with van der Waals surface area (Å²) < 4.78 is 0. The lowest BCUT2D eigenvalue weighted by Gasteiger charge is -2.27. The molecule has 1 aliphatic rings. The van der Waals surface area contributed by atoms with Gasteiger partial charge in [0.2, 0.25) is 0 Å². The van der Waals surface area contributed by atoms with E-state index in [-0.39, 0.29) is 17.8 Å². The summed E-state index contributed by atoms with van der Waals surface area (Å²) in [5, 5.41) is 11.2. The average Bonchev–Trinajstić information content (AvgIpc) is 3.04. The molecule has 1 unspecified atom stereocenters. The zero-order chi connectivity index (χ0) is 21.1. The summed E-state index contributed by atoms with van der Waals surface area (Å²) in [6, 6.07) is 25.0. The smallest absolute Gasteiger partial charge is 0.294 e. The number of amides is 1. The van der Waals surface area contributed by atoms with Gasteiger partial charge in [-0.15, -0.1) is 0 Å². The molecular formula is C25H20ClNO3. The number of aliphatic hydroxyl groups excluding tert-OH is 1. The minimum absolute atomic E-state index is 0.127. The fraction of sp³-hybridized carbons (Fsp3) is 0.120. The van der Waals surface area contributed by atoms with Crippen molar-refractivity contribution >= 4 is 29.0 Å². The van der Waals surface area contributed by atoms with E-state index < -0.39 is 17.7 Å². The number of rotatable bonds is 6. The van der Waals surface area contributed by atoms with Gasteiger partial charge in [-0.05, 0) is 41.8 Å². The van der Waals surface area contributed by atoms with Gasteiger partial charge in [0, 0.05) is 17.1 Å². The molecule has 3 aromatic carbocycles. The molecule has 1 amide bonds. The molecule has 4 nitrogen and oxygen atoms in total. The van der Waals surface area contributed by atoms with E-state index in [9.17, 15) is 14.7 Å². The highest BCUT2D eigenvalue weighted by Gasteiger charge is 2.43. The molecule has 1 aliphatic heterocycles. The van der Waals surface area contributed by atoms with Crippen molar-refractivity contribution in [2.45, 2.75) is 18.9 Å². The first-order valence-electron chi connectivity index (χ1n) is 9.70. The maximum Gasteiger partial charge on any atom is 0.294 e. The molecule has 0 saturated carbocycles. The molecule has 0 aromatic heterocycles. The lowest BCUT2D eigenvalue weighted by molar-refractivity contribution is -0.118. The predicted molar refractivity (Wildman–Crippen MR) is 118 cm³/mol. The summed E-state index contributed by atoms with van der Waals surface area (Å²) >= 11 is 6.04. The van der Waals surface area contributed by atoms with Gasteiger partial charge in [0.05, 0.1) is 11.6 Å². The number of aliphatic hydroxyl groups is 1. The Bertz CT molecular complexity index is 1090. The molecule has 0 aliphatic carbocycles. The minimum Gasteiger partial charge on any atom is -0.503 e. The van der Waals surface area contributed by atoms with Crippen LogP contribution in [0.3, 0.4) is 0 Å². The molecule has 0 fully saturated rings. The van der Waals surface area contributed by atoms with Crippen molar-refractivity contribution in [2.75, 3.05) is 4.90 Å². The van der Waals surface area contributed by atoms with E-state index in [0.29, 0.717) is 22.7 Å². The second-order valence-corrected chi connectivity index (χ2v) is 7.57. The molecule has 1 heterocycles. The first-order valence-corrected chi connectivity index (χ1v) is 10.1. The number of benzene rings is 3. The van der Waals surface area contributed by atoms with Gasteiger partial charge in [0.15, 0.2) is 11.5 Å². The second-order valence-electron chi connectivity index (χ2n) is 7.14. The highest BCUT2D eigenvalue weighted by Crippen LogP contribution is 2.41. The summed E-state index contributed by atoms with van der Waals surface area (Å²) in [6.45, 7) is 0. The first-order chi connectivity index (χ1) is 14.6. The predicted octanol–water partition coefficient (Wildman–Crippen LogP) is 5.44. The number of Topliss-reactive ketones (excluding diaryl/α,β-unsaturated/α-hetero) is 1. The van der Waals surface area contributed by atoms with Crippen LogP contribution in [0.5, 0.6) is 0 Å². The zero-order valence-electron chi connectivity index (χ0n) is 16.2. The largest absolute Gasteiger partial charge is 0.503 e. The molecule has 0 saturated heterocycles. The molecule has 0 radical (unpaired) electrons. The van der Waals surface area contributed by atoms with Crippen molar-refractivity contribution in [3.8, 4) is 0 Å². The molecule has 0 bridgehead atoms. The SMILES string of the molecule is O=C(CCc1ccccc1)C1=C(O)C(=O)N(c2ccccc2)C1c1ccc(Cl)cc1. The van der Waals surface area contributed by atoms with Crippen LogP contribution in [0.2, 0.25) is 5.02 Å². The number of hydrogen-bond donors (Lipinski definition) is 1. The lowest BCUT2D eigenvalue weighted by atomic mass is 9.93. The number of aryl methyl sites for hydroxylation is 1. The molecular weight excluding hydrogens is 398 g/mol. The summed E-state index contributed by atoms with van der Waals surface area (Å²) in [5.74, 6) is -1.32. The van der Waals surface area contributed by atoms with Gasteiger partial charge in [-0.25, -0.2) is 0 Å². The normalized spacial score (nSPS) is 16.2. The van der Waals surface area contributed by atoms with E-state index in [0.717, 1.165) is 5.56 Å². The Morgan fingerprint density at radius 1 is 0.900 bits per heavy atom. The van der Waals surface area contributed by atoms with Gasteiger partial charge in [-0.1, -0.05) is 72.3 Å². The van der Waals surface area contributed by atoms with Gasteiger partial charge < -0.3 is 5.11 Å². The number of nitrogens with zero attached hydrogens (tertiary/aromatic N) is 1. The number of carbonyl (C=O) groups is 2. The van der Waals surface area contributed by atoms with Gasteiger partial charge in [-0.3, -0.25) is 14.5 Å². The maximum absolute atomic E-state index is 13.2. The Morgan fingerprint density at radius 2 is 1.50 bits per heavy atom.